The van der Waals surface area contributed by atoms with E-state index in [1.165, 1.54) is 24.3 Å². The second kappa shape index (κ2) is 7.69. The molecule has 1 aliphatic heterocycles. The number of rotatable bonds is 4. The van der Waals surface area contributed by atoms with Crippen LogP contribution in [0.2, 0.25) is 0 Å². The number of nitrogens with zero attached hydrogens (tertiary/aromatic N) is 2. The summed E-state index contributed by atoms with van der Waals surface area (Å²) in [7, 11) is -4.20. The standard InChI is InChI=1S/C18H16F3N3O3S/c19-18(20,21)14-4-5-17(24-6-8-27-9-7-24)16(11-14)23-28(25,26)15-3-1-2-13(10-15)12-22/h1-5,10-11,23H,6-9H2. The second-order valence-electron chi connectivity index (χ2n) is 6.07. The number of sulfonamides is 1. The molecule has 1 aliphatic rings. The number of hydrogen-bond donors (Lipinski definition) is 1. The minimum atomic E-state index is -4.62. The predicted octanol–water partition coefficient (Wildman–Crippen LogP) is 3.21. The summed E-state index contributed by atoms with van der Waals surface area (Å²) >= 11 is 0. The lowest BCUT2D eigenvalue weighted by Crippen LogP contribution is -2.36. The summed E-state index contributed by atoms with van der Waals surface area (Å²) in [5, 5.41) is 8.95. The Morgan fingerprint density at radius 2 is 1.82 bits per heavy atom. The van der Waals surface area contributed by atoms with Crippen molar-refractivity contribution in [1.82, 2.24) is 0 Å². The van der Waals surface area contributed by atoms with Crippen LogP contribution in [0.5, 0.6) is 0 Å². The third-order valence-corrected chi connectivity index (χ3v) is 5.56. The van der Waals surface area contributed by atoms with E-state index in [2.05, 4.69) is 4.72 Å². The molecule has 6 nitrogen and oxygen atoms in total. The fourth-order valence-electron chi connectivity index (χ4n) is 2.81. The highest BCUT2D eigenvalue weighted by Gasteiger charge is 2.32. The molecule has 1 fully saturated rings. The number of benzene rings is 2. The maximum atomic E-state index is 13.1. The van der Waals surface area contributed by atoms with E-state index >= 15 is 0 Å². The molecule has 0 spiro atoms. The molecule has 0 amide bonds. The highest BCUT2D eigenvalue weighted by atomic mass is 32.2. The van der Waals surface area contributed by atoms with Gasteiger partial charge in [0.15, 0.2) is 0 Å². The highest BCUT2D eigenvalue weighted by molar-refractivity contribution is 7.92. The van der Waals surface area contributed by atoms with Crippen LogP contribution in [0.25, 0.3) is 0 Å². The first-order valence-corrected chi connectivity index (χ1v) is 9.76. The average Bonchev–Trinajstić information content (AvgIpc) is 2.67. The lowest BCUT2D eigenvalue weighted by Gasteiger charge is -2.31. The zero-order valence-electron chi connectivity index (χ0n) is 14.5. The molecule has 0 saturated carbocycles. The summed E-state index contributed by atoms with van der Waals surface area (Å²) in [6.45, 7) is 1.61. The number of hydrogen-bond acceptors (Lipinski definition) is 5. The lowest BCUT2D eigenvalue weighted by molar-refractivity contribution is -0.137. The molecule has 0 atom stereocenters. The molecular weight excluding hydrogens is 395 g/mol. The van der Waals surface area contributed by atoms with Gasteiger partial charge in [-0.25, -0.2) is 8.42 Å². The van der Waals surface area contributed by atoms with Gasteiger partial charge in [-0.1, -0.05) is 6.07 Å². The molecule has 1 saturated heterocycles. The molecular formula is C18H16F3N3O3S. The van der Waals surface area contributed by atoms with E-state index in [1.54, 1.807) is 4.90 Å². The molecule has 1 heterocycles. The number of halogens is 3. The zero-order chi connectivity index (χ0) is 20.4. The summed E-state index contributed by atoms with van der Waals surface area (Å²) in [6.07, 6.45) is -4.62. The van der Waals surface area contributed by atoms with Crippen LogP contribution in [-0.4, -0.2) is 34.7 Å². The van der Waals surface area contributed by atoms with Crippen molar-refractivity contribution in [2.24, 2.45) is 0 Å². The highest BCUT2D eigenvalue weighted by Crippen LogP contribution is 2.36. The molecule has 1 N–H and O–H groups in total. The van der Waals surface area contributed by atoms with Crippen molar-refractivity contribution in [3.63, 3.8) is 0 Å². The molecule has 0 unspecified atom stereocenters. The van der Waals surface area contributed by atoms with Crippen LogP contribution in [0.3, 0.4) is 0 Å². The molecule has 148 valence electrons. The summed E-state index contributed by atoms with van der Waals surface area (Å²) in [5.74, 6) is 0. The fourth-order valence-corrected chi connectivity index (χ4v) is 3.92. The van der Waals surface area contributed by atoms with Gasteiger partial charge in [-0.15, -0.1) is 0 Å². The Bertz CT molecular complexity index is 1010. The van der Waals surface area contributed by atoms with Crippen molar-refractivity contribution in [1.29, 1.82) is 5.26 Å². The van der Waals surface area contributed by atoms with Crippen LogP contribution in [0, 0.1) is 11.3 Å². The number of anilines is 2. The summed E-state index contributed by atoms with van der Waals surface area (Å²) in [4.78, 5) is 1.55. The van der Waals surface area contributed by atoms with Crippen LogP contribution in [0.15, 0.2) is 47.4 Å². The van der Waals surface area contributed by atoms with Gasteiger partial charge in [-0.2, -0.15) is 18.4 Å². The van der Waals surface area contributed by atoms with Gasteiger partial charge < -0.3 is 9.64 Å². The Hall–Kier alpha value is -2.77. The van der Waals surface area contributed by atoms with Gasteiger partial charge in [0.1, 0.15) is 0 Å². The first-order valence-electron chi connectivity index (χ1n) is 8.27. The number of alkyl halides is 3. The van der Waals surface area contributed by atoms with Gasteiger partial charge in [-0.3, -0.25) is 4.72 Å². The molecule has 3 rings (SSSR count). The first kappa shape index (κ1) is 20.0. The van der Waals surface area contributed by atoms with Crippen molar-refractivity contribution in [3.05, 3.63) is 53.6 Å². The van der Waals surface area contributed by atoms with Crippen molar-refractivity contribution in [3.8, 4) is 6.07 Å². The quantitative estimate of drug-likeness (QED) is 0.836. The van der Waals surface area contributed by atoms with Gasteiger partial charge in [-0.05, 0) is 36.4 Å². The molecule has 28 heavy (non-hydrogen) atoms. The Balaban J connectivity index is 2.03. The fraction of sp³-hybridized carbons (Fsp3) is 0.278. The van der Waals surface area contributed by atoms with Crippen LogP contribution >= 0.6 is 0 Å². The van der Waals surface area contributed by atoms with Gasteiger partial charge in [0, 0.05) is 13.1 Å². The normalized spacial score (nSPS) is 15.1. The maximum Gasteiger partial charge on any atom is 0.416 e. The van der Waals surface area contributed by atoms with E-state index in [-0.39, 0.29) is 16.1 Å². The van der Waals surface area contributed by atoms with Gasteiger partial charge in [0.05, 0.1) is 46.7 Å². The lowest BCUT2D eigenvalue weighted by atomic mass is 10.1. The first-order chi connectivity index (χ1) is 13.2. The predicted molar refractivity (Wildman–Crippen MR) is 96.4 cm³/mol. The zero-order valence-corrected chi connectivity index (χ0v) is 15.3. The SMILES string of the molecule is N#Cc1cccc(S(=O)(=O)Nc2cc(C(F)(F)F)ccc2N2CCOCC2)c1. The molecule has 2 aromatic rings. The Labute approximate surface area is 160 Å². The average molecular weight is 411 g/mol. The number of ether oxygens (including phenoxy) is 1. The van der Waals surface area contributed by atoms with E-state index in [0.29, 0.717) is 32.0 Å². The number of morpholine rings is 1. The molecule has 10 heteroatoms. The van der Waals surface area contributed by atoms with E-state index in [9.17, 15) is 21.6 Å². The van der Waals surface area contributed by atoms with Gasteiger partial charge in [0.25, 0.3) is 10.0 Å². The Morgan fingerprint density at radius 1 is 1.11 bits per heavy atom. The molecule has 0 aliphatic carbocycles. The van der Waals surface area contributed by atoms with Gasteiger partial charge in [0.2, 0.25) is 0 Å². The van der Waals surface area contributed by atoms with Crippen molar-refractivity contribution in [2.75, 3.05) is 35.9 Å². The van der Waals surface area contributed by atoms with E-state index in [4.69, 9.17) is 10.00 Å². The Kier molecular flexibility index (Phi) is 5.49. The molecule has 0 aromatic heterocycles. The molecule has 2 aromatic carbocycles. The van der Waals surface area contributed by atoms with Crippen LogP contribution < -0.4 is 9.62 Å². The van der Waals surface area contributed by atoms with Crippen LogP contribution in [0.4, 0.5) is 24.5 Å². The summed E-state index contributed by atoms with van der Waals surface area (Å²) < 4.78 is 72.4. The Morgan fingerprint density at radius 3 is 2.46 bits per heavy atom. The minimum Gasteiger partial charge on any atom is -0.378 e. The maximum absolute atomic E-state index is 13.1. The van der Waals surface area contributed by atoms with Crippen molar-refractivity contribution < 1.29 is 26.3 Å². The van der Waals surface area contributed by atoms with E-state index < -0.39 is 21.8 Å². The van der Waals surface area contributed by atoms with Crippen LogP contribution in [-0.2, 0) is 20.9 Å². The third kappa shape index (κ3) is 4.37. The van der Waals surface area contributed by atoms with Crippen LogP contribution in [0.1, 0.15) is 11.1 Å². The number of nitrogens with one attached hydrogen (secondary N) is 1. The second-order valence-corrected chi connectivity index (χ2v) is 7.76. The van der Waals surface area contributed by atoms with Crippen molar-refractivity contribution in [2.45, 2.75) is 11.1 Å². The minimum absolute atomic E-state index is 0.125. The topological polar surface area (TPSA) is 82.4 Å². The monoisotopic (exact) mass is 411 g/mol. The van der Waals surface area contributed by atoms with Gasteiger partial charge >= 0.3 is 6.18 Å². The van der Waals surface area contributed by atoms with E-state index in [0.717, 1.165) is 18.2 Å². The molecule has 0 radical (unpaired) electrons. The van der Waals surface area contributed by atoms with E-state index in [1.807, 2.05) is 6.07 Å². The third-order valence-electron chi connectivity index (χ3n) is 4.19. The number of nitriles is 1. The smallest absolute Gasteiger partial charge is 0.378 e. The summed E-state index contributed by atoms with van der Waals surface area (Å²) in [5.41, 5.74) is -0.691. The largest absolute Gasteiger partial charge is 0.416 e. The van der Waals surface area contributed by atoms with Crippen molar-refractivity contribution >= 4 is 21.4 Å². The summed E-state index contributed by atoms with van der Waals surface area (Å²) in [6, 6.07) is 10.0. The molecule has 0 bridgehead atoms.